The average Bonchev–Trinajstić information content (AvgIpc) is 2.90. The van der Waals surface area contributed by atoms with Gasteiger partial charge in [-0.1, -0.05) is 66.5 Å². The largest absolute Gasteiger partial charge is 0.357 e. The number of nitrogens with one attached hydrogen (secondary N) is 1. The highest BCUT2D eigenvalue weighted by Crippen LogP contribution is 2.35. The quantitative estimate of drug-likeness (QED) is 0.379. The summed E-state index contributed by atoms with van der Waals surface area (Å²) in [6.07, 6.45) is 0.260. The number of amides is 2. The zero-order valence-corrected chi connectivity index (χ0v) is 22.5. The van der Waals surface area contributed by atoms with Gasteiger partial charge in [0.1, 0.15) is 18.4 Å². The summed E-state index contributed by atoms with van der Waals surface area (Å²) in [6.45, 7) is 1.02. The number of likely N-dealkylation sites (N-methyl/N-ethyl adjacent to an activating group) is 1. The van der Waals surface area contributed by atoms with Crippen molar-refractivity contribution in [1.82, 2.24) is 10.2 Å². The van der Waals surface area contributed by atoms with Gasteiger partial charge in [0.15, 0.2) is 0 Å². The molecule has 0 spiro atoms. The van der Waals surface area contributed by atoms with Crippen LogP contribution in [0.5, 0.6) is 0 Å². The molecule has 0 saturated heterocycles. The summed E-state index contributed by atoms with van der Waals surface area (Å²) in [4.78, 5) is 27.7. The van der Waals surface area contributed by atoms with E-state index < -0.39 is 40.2 Å². The number of halogens is 3. The van der Waals surface area contributed by atoms with Crippen LogP contribution in [0.25, 0.3) is 0 Å². The molecule has 1 N–H and O–H groups in total. The van der Waals surface area contributed by atoms with Crippen LogP contribution in [0.2, 0.25) is 10.0 Å². The number of hydrogen-bond donors (Lipinski definition) is 1. The van der Waals surface area contributed by atoms with Crippen molar-refractivity contribution >= 4 is 50.7 Å². The highest BCUT2D eigenvalue weighted by atomic mass is 35.5. The number of carbonyl (C=O) groups is 2. The highest BCUT2D eigenvalue weighted by molar-refractivity contribution is 7.92. The van der Waals surface area contributed by atoms with E-state index in [1.807, 2.05) is 0 Å². The fourth-order valence-corrected chi connectivity index (χ4v) is 5.69. The van der Waals surface area contributed by atoms with E-state index in [-0.39, 0.29) is 33.6 Å². The van der Waals surface area contributed by atoms with Gasteiger partial charge >= 0.3 is 0 Å². The first-order chi connectivity index (χ1) is 17.6. The molecule has 0 aliphatic heterocycles. The molecule has 0 heterocycles. The smallest absolute Gasteiger partial charge is 0.264 e. The number of carbonyl (C=O) groups excluding carboxylic acids is 2. The van der Waals surface area contributed by atoms with Crippen LogP contribution >= 0.6 is 23.2 Å². The third-order valence-corrected chi connectivity index (χ3v) is 8.29. The molecule has 3 aromatic rings. The Labute approximate surface area is 225 Å². The molecule has 196 valence electrons. The van der Waals surface area contributed by atoms with Crippen molar-refractivity contribution in [2.45, 2.75) is 30.8 Å². The third kappa shape index (κ3) is 6.60. The van der Waals surface area contributed by atoms with E-state index in [4.69, 9.17) is 23.2 Å². The Balaban J connectivity index is 2.09. The van der Waals surface area contributed by atoms with Crippen LogP contribution in [0, 0.1) is 5.82 Å². The molecule has 37 heavy (non-hydrogen) atoms. The van der Waals surface area contributed by atoms with Crippen LogP contribution in [0.15, 0.2) is 77.7 Å². The monoisotopic (exact) mass is 565 g/mol. The second-order valence-corrected chi connectivity index (χ2v) is 10.7. The van der Waals surface area contributed by atoms with E-state index in [2.05, 4.69) is 5.32 Å². The molecule has 11 heteroatoms. The van der Waals surface area contributed by atoms with Gasteiger partial charge in [-0.05, 0) is 48.4 Å². The number of nitrogens with zero attached hydrogens (tertiary/aromatic N) is 2. The minimum atomic E-state index is -4.27. The average molecular weight is 566 g/mol. The number of hydrogen-bond acceptors (Lipinski definition) is 4. The van der Waals surface area contributed by atoms with Crippen LogP contribution in [-0.4, -0.2) is 44.8 Å². The lowest BCUT2D eigenvalue weighted by atomic mass is 10.1. The highest BCUT2D eigenvalue weighted by Gasteiger charge is 2.34. The number of anilines is 1. The van der Waals surface area contributed by atoms with Gasteiger partial charge in [-0.3, -0.25) is 13.9 Å². The molecule has 0 radical (unpaired) electrons. The van der Waals surface area contributed by atoms with Crippen LogP contribution in [0.3, 0.4) is 0 Å². The summed E-state index contributed by atoms with van der Waals surface area (Å²) in [5.41, 5.74) is 0.580. The van der Waals surface area contributed by atoms with Gasteiger partial charge in [0.05, 0.1) is 20.6 Å². The summed E-state index contributed by atoms with van der Waals surface area (Å²) in [5.74, 6) is -1.53. The lowest BCUT2D eigenvalue weighted by Crippen LogP contribution is -2.51. The summed E-state index contributed by atoms with van der Waals surface area (Å²) in [7, 11) is -2.82. The molecular formula is C26H26Cl2FN3O4S. The molecule has 3 rings (SSSR count). The van der Waals surface area contributed by atoms with Gasteiger partial charge in [-0.25, -0.2) is 12.8 Å². The molecule has 0 aromatic heterocycles. The summed E-state index contributed by atoms with van der Waals surface area (Å²) < 4.78 is 41.8. The van der Waals surface area contributed by atoms with Crippen molar-refractivity contribution in [3.8, 4) is 0 Å². The van der Waals surface area contributed by atoms with Crippen molar-refractivity contribution in [2.24, 2.45) is 0 Å². The maximum Gasteiger partial charge on any atom is 0.264 e. The number of sulfonamides is 1. The zero-order chi connectivity index (χ0) is 27.2. The lowest BCUT2D eigenvalue weighted by Gasteiger charge is -2.33. The van der Waals surface area contributed by atoms with Crippen molar-refractivity contribution in [3.05, 3.63) is 94.2 Å². The molecule has 0 bridgehead atoms. The Morgan fingerprint density at radius 2 is 1.62 bits per heavy atom. The van der Waals surface area contributed by atoms with Crippen molar-refractivity contribution in [3.63, 3.8) is 0 Å². The molecule has 0 aliphatic carbocycles. The van der Waals surface area contributed by atoms with E-state index >= 15 is 0 Å². The summed E-state index contributed by atoms with van der Waals surface area (Å²) in [6, 6.07) is 16.7. The zero-order valence-electron chi connectivity index (χ0n) is 20.2. The van der Waals surface area contributed by atoms with Crippen LogP contribution in [-0.2, 0) is 26.2 Å². The molecule has 1 atom stereocenters. The second kappa shape index (κ2) is 12.4. The van der Waals surface area contributed by atoms with E-state index in [1.54, 1.807) is 25.1 Å². The molecular weight excluding hydrogens is 540 g/mol. The van der Waals surface area contributed by atoms with Gasteiger partial charge in [0, 0.05) is 13.6 Å². The normalized spacial score (nSPS) is 12.0. The maximum atomic E-state index is 13.8. The number of rotatable bonds is 10. The molecule has 7 nitrogen and oxygen atoms in total. The van der Waals surface area contributed by atoms with Gasteiger partial charge < -0.3 is 10.2 Å². The van der Waals surface area contributed by atoms with Gasteiger partial charge in [0.2, 0.25) is 11.8 Å². The Morgan fingerprint density at radius 1 is 0.973 bits per heavy atom. The minimum Gasteiger partial charge on any atom is -0.357 e. The first-order valence-corrected chi connectivity index (χ1v) is 13.6. The molecule has 0 unspecified atom stereocenters. The number of benzene rings is 3. The molecule has 0 fully saturated rings. The topological polar surface area (TPSA) is 86.8 Å². The van der Waals surface area contributed by atoms with Crippen LogP contribution < -0.4 is 9.62 Å². The Morgan fingerprint density at radius 3 is 2.22 bits per heavy atom. The van der Waals surface area contributed by atoms with Gasteiger partial charge in [-0.15, -0.1) is 0 Å². The van der Waals surface area contributed by atoms with Gasteiger partial charge in [0.25, 0.3) is 10.0 Å². The SMILES string of the molecule is CC[C@H](C(=O)NC)N(Cc1ccc(F)cc1)C(=O)CN(c1cccc(Cl)c1Cl)S(=O)(=O)c1ccccc1. The van der Waals surface area contributed by atoms with E-state index in [9.17, 15) is 22.4 Å². The molecule has 0 saturated carbocycles. The molecule has 2 amide bonds. The first kappa shape index (κ1) is 28.4. The predicted octanol–water partition coefficient (Wildman–Crippen LogP) is 4.88. The van der Waals surface area contributed by atoms with E-state index in [1.165, 1.54) is 66.5 Å². The van der Waals surface area contributed by atoms with Crippen molar-refractivity contribution < 1.29 is 22.4 Å². The second-order valence-electron chi connectivity index (χ2n) is 8.08. The third-order valence-electron chi connectivity index (χ3n) is 5.71. The molecule has 0 aliphatic rings. The Bertz CT molecular complexity index is 1360. The van der Waals surface area contributed by atoms with E-state index in [0.29, 0.717) is 5.56 Å². The van der Waals surface area contributed by atoms with Crippen molar-refractivity contribution in [2.75, 3.05) is 17.9 Å². The fourth-order valence-electron chi connectivity index (χ4n) is 3.79. The first-order valence-electron chi connectivity index (χ1n) is 11.4. The predicted molar refractivity (Wildman–Crippen MR) is 143 cm³/mol. The van der Waals surface area contributed by atoms with Crippen LogP contribution in [0.1, 0.15) is 18.9 Å². The fraction of sp³-hybridized carbons (Fsp3) is 0.231. The standard InChI is InChI=1S/C26H26Cl2FN3O4S/c1-3-22(26(34)30-2)31(16-18-12-14-19(29)15-13-18)24(33)17-32(23-11-7-10-21(27)25(23)28)37(35,36)20-8-5-4-6-9-20/h4-15,22H,3,16-17H2,1-2H3,(H,30,34)/t22-/m1/s1. The van der Waals surface area contributed by atoms with Crippen molar-refractivity contribution in [1.29, 1.82) is 0 Å². The van der Waals surface area contributed by atoms with Gasteiger partial charge in [-0.2, -0.15) is 0 Å². The minimum absolute atomic E-state index is 0.0149. The maximum absolute atomic E-state index is 13.8. The molecule has 3 aromatic carbocycles. The Hall–Kier alpha value is -3.14. The lowest BCUT2D eigenvalue weighted by molar-refractivity contribution is -0.140. The van der Waals surface area contributed by atoms with Crippen LogP contribution in [0.4, 0.5) is 10.1 Å². The van der Waals surface area contributed by atoms with E-state index in [0.717, 1.165) is 4.31 Å². The summed E-state index contributed by atoms with van der Waals surface area (Å²) >= 11 is 12.6. The Kier molecular flexibility index (Phi) is 9.53. The summed E-state index contributed by atoms with van der Waals surface area (Å²) in [5, 5.41) is 2.61.